The molecule has 24 heavy (non-hydrogen) atoms. The van der Waals surface area contributed by atoms with E-state index in [2.05, 4.69) is 9.76 Å². The summed E-state index contributed by atoms with van der Waals surface area (Å²) in [5, 5.41) is 0.613. The number of urea groups is 1. The zero-order valence-corrected chi connectivity index (χ0v) is 14.4. The Balaban J connectivity index is 1.58. The lowest BCUT2D eigenvalue weighted by Gasteiger charge is -2.30. The number of thioether (sulfide) groups is 1. The highest BCUT2D eigenvalue weighted by Crippen LogP contribution is 2.30. The number of hydrogen-bond donors (Lipinski definition) is 2. The monoisotopic (exact) mass is 381 g/mol. The number of fused-ring (bicyclic) bond motifs is 2. The second-order valence-electron chi connectivity index (χ2n) is 5.91. The zero-order chi connectivity index (χ0) is 17.3. The summed E-state index contributed by atoms with van der Waals surface area (Å²) in [6.07, 6.45) is 2.43. The van der Waals surface area contributed by atoms with Crippen LogP contribution in [-0.2, 0) is 24.3 Å². The number of carbonyl (C=O) groups excluding carboxylic acids is 2. The first-order chi connectivity index (χ1) is 11.3. The van der Waals surface area contributed by atoms with Crippen molar-refractivity contribution in [3.63, 3.8) is 0 Å². The molecule has 0 aromatic heterocycles. The molecule has 0 spiro atoms. The molecule has 0 aliphatic carbocycles. The second-order valence-corrected chi connectivity index (χ2v) is 8.14. The van der Waals surface area contributed by atoms with Crippen molar-refractivity contribution in [1.82, 2.24) is 15.4 Å². The normalized spacial score (nSPS) is 28.3. The summed E-state index contributed by atoms with van der Waals surface area (Å²) in [4.78, 5) is 31.2. The molecule has 0 aromatic rings. The standard InChI is InChI=1S/C12H19N3O7S2/c16-11(13-21-9-3-5-23-6-4-9)10-2-1-8-7-14(10)12(17)15(8)22-24(18,19)20/h8-10H,1-7H2,(H,13,16)(H,18,19,20)/t8?,10-/m0/s1. The van der Waals surface area contributed by atoms with Crippen molar-refractivity contribution in [2.45, 2.75) is 43.9 Å². The molecule has 2 atom stereocenters. The van der Waals surface area contributed by atoms with Crippen LogP contribution in [0.4, 0.5) is 4.79 Å². The summed E-state index contributed by atoms with van der Waals surface area (Å²) in [6.45, 7) is 0.159. The van der Waals surface area contributed by atoms with Gasteiger partial charge in [0.1, 0.15) is 6.04 Å². The lowest BCUT2D eigenvalue weighted by Crippen LogP contribution is -2.50. The lowest BCUT2D eigenvalue weighted by molar-refractivity contribution is -0.144. The smallest absolute Gasteiger partial charge is 0.309 e. The SMILES string of the molecule is O=C(NOC1CCSCC1)[C@@H]1CCC2CN1C(=O)N2OS(=O)(=O)O. The first-order valence-electron chi connectivity index (χ1n) is 7.65. The Morgan fingerprint density at radius 2 is 1.96 bits per heavy atom. The molecule has 136 valence electrons. The molecule has 1 unspecified atom stereocenters. The third kappa shape index (κ3) is 3.94. The summed E-state index contributed by atoms with van der Waals surface area (Å²) < 4.78 is 34.7. The van der Waals surface area contributed by atoms with Crippen LogP contribution in [0.5, 0.6) is 0 Å². The van der Waals surface area contributed by atoms with Gasteiger partial charge < -0.3 is 4.90 Å². The summed E-state index contributed by atoms with van der Waals surface area (Å²) in [5.41, 5.74) is 2.42. The van der Waals surface area contributed by atoms with Gasteiger partial charge in [0.15, 0.2) is 0 Å². The quantitative estimate of drug-likeness (QED) is 0.501. The maximum absolute atomic E-state index is 12.3. The van der Waals surface area contributed by atoms with E-state index in [1.54, 1.807) is 0 Å². The van der Waals surface area contributed by atoms with Gasteiger partial charge in [0, 0.05) is 6.54 Å². The van der Waals surface area contributed by atoms with Crippen molar-refractivity contribution in [3.05, 3.63) is 0 Å². The van der Waals surface area contributed by atoms with Crippen LogP contribution in [-0.4, -0.2) is 71.1 Å². The van der Waals surface area contributed by atoms with Crippen molar-refractivity contribution in [2.24, 2.45) is 0 Å². The highest BCUT2D eigenvalue weighted by molar-refractivity contribution is 7.99. The Morgan fingerprint density at radius 3 is 2.62 bits per heavy atom. The zero-order valence-electron chi connectivity index (χ0n) is 12.8. The molecule has 2 N–H and O–H groups in total. The van der Waals surface area contributed by atoms with E-state index in [0.29, 0.717) is 17.9 Å². The van der Waals surface area contributed by atoms with Crippen molar-refractivity contribution in [3.8, 4) is 0 Å². The molecule has 0 radical (unpaired) electrons. The van der Waals surface area contributed by atoms with Gasteiger partial charge in [-0.2, -0.15) is 25.2 Å². The molecule has 2 bridgehead atoms. The predicted molar refractivity (Wildman–Crippen MR) is 83.0 cm³/mol. The Kier molecular flexibility index (Phi) is 5.20. The lowest BCUT2D eigenvalue weighted by atomic mass is 10.0. The number of rotatable bonds is 5. The highest BCUT2D eigenvalue weighted by Gasteiger charge is 2.49. The fourth-order valence-corrected chi connectivity index (χ4v) is 4.56. The minimum absolute atomic E-state index is 0.0276. The predicted octanol–water partition coefficient (Wildman–Crippen LogP) is -0.0672. The van der Waals surface area contributed by atoms with Crippen LogP contribution in [0.15, 0.2) is 0 Å². The van der Waals surface area contributed by atoms with Gasteiger partial charge in [0.2, 0.25) is 0 Å². The number of hydroxylamine groups is 3. The molecule has 3 heterocycles. The van der Waals surface area contributed by atoms with Gasteiger partial charge in [-0.15, -0.1) is 4.28 Å². The molecule has 3 rings (SSSR count). The molecule has 3 amide bonds. The Hall–Kier alpha value is -1.08. The summed E-state index contributed by atoms with van der Waals surface area (Å²) in [6, 6.07) is -2.02. The van der Waals surface area contributed by atoms with Crippen LogP contribution in [0, 0.1) is 0 Å². The van der Waals surface area contributed by atoms with Gasteiger partial charge in [0.25, 0.3) is 5.91 Å². The van der Waals surface area contributed by atoms with E-state index < -0.39 is 34.4 Å². The minimum Gasteiger partial charge on any atom is -0.309 e. The molecule has 3 fully saturated rings. The Bertz CT molecular complexity index is 608. The Labute approximate surface area is 143 Å². The van der Waals surface area contributed by atoms with Crippen molar-refractivity contribution >= 4 is 34.1 Å². The maximum atomic E-state index is 12.3. The van der Waals surface area contributed by atoms with E-state index in [4.69, 9.17) is 9.39 Å². The molecule has 10 nitrogen and oxygen atoms in total. The van der Waals surface area contributed by atoms with Gasteiger partial charge >= 0.3 is 16.4 Å². The van der Waals surface area contributed by atoms with Crippen molar-refractivity contribution < 1.29 is 31.7 Å². The topological polar surface area (TPSA) is 125 Å². The van der Waals surface area contributed by atoms with Crippen LogP contribution in [0.1, 0.15) is 25.7 Å². The largest absolute Gasteiger partial charge is 0.418 e. The van der Waals surface area contributed by atoms with Crippen molar-refractivity contribution in [2.75, 3.05) is 18.1 Å². The first kappa shape index (κ1) is 17.7. The summed E-state index contributed by atoms with van der Waals surface area (Å²) >= 11 is 1.84. The third-order valence-corrected chi connectivity index (χ3v) is 5.69. The maximum Gasteiger partial charge on any atom is 0.418 e. The van der Waals surface area contributed by atoms with E-state index in [1.165, 1.54) is 4.90 Å². The van der Waals surface area contributed by atoms with Crippen LogP contribution in [0.3, 0.4) is 0 Å². The number of carbonyl (C=O) groups is 2. The van der Waals surface area contributed by atoms with Crippen LogP contribution in [0.25, 0.3) is 0 Å². The average Bonchev–Trinajstić information content (AvgIpc) is 2.77. The second kappa shape index (κ2) is 7.04. The number of amides is 3. The van der Waals surface area contributed by atoms with Gasteiger partial charge in [0.05, 0.1) is 12.1 Å². The molecule has 3 aliphatic rings. The van der Waals surface area contributed by atoms with E-state index in [-0.39, 0.29) is 12.6 Å². The van der Waals surface area contributed by atoms with Gasteiger partial charge in [-0.1, -0.05) is 0 Å². The minimum atomic E-state index is -4.79. The highest BCUT2D eigenvalue weighted by atomic mass is 32.3. The molecular weight excluding hydrogens is 362 g/mol. The number of hydrogen-bond acceptors (Lipinski definition) is 7. The summed E-state index contributed by atoms with van der Waals surface area (Å²) in [7, 11) is -4.79. The summed E-state index contributed by atoms with van der Waals surface area (Å²) in [5.74, 6) is 1.53. The van der Waals surface area contributed by atoms with Crippen LogP contribution < -0.4 is 5.48 Å². The van der Waals surface area contributed by atoms with Crippen molar-refractivity contribution in [1.29, 1.82) is 0 Å². The molecule has 3 saturated heterocycles. The molecule has 12 heteroatoms. The van der Waals surface area contributed by atoms with E-state index in [0.717, 1.165) is 24.3 Å². The average molecular weight is 381 g/mol. The van der Waals surface area contributed by atoms with Gasteiger partial charge in [-0.25, -0.2) is 10.3 Å². The number of nitrogens with zero attached hydrogens (tertiary/aromatic N) is 2. The van der Waals surface area contributed by atoms with Gasteiger partial charge in [-0.3, -0.25) is 14.2 Å². The van der Waals surface area contributed by atoms with Crippen LogP contribution in [0.2, 0.25) is 0 Å². The van der Waals surface area contributed by atoms with E-state index in [1.807, 2.05) is 11.8 Å². The first-order valence-corrected chi connectivity index (χ1v) is 10.2. The third-order valence-electron chi connectivity index (χ3n) is 4.29. The molecule has 3 aliphatic heterocycles. The molecule has 0 saturated carbocycles. The van der Waals surface area contributed by atoms with E-state index in [9.17, 15) is 18.0 Å². The number of piperidine rings is 1. The number of nitrogens with one attached hydrogen (secondary N) is 1. The fraction of sp³-hybridized carbons (Fsp3) is 0.833. The van der Waals surface area contributed by atoms with Gasteiger partial charge in [-0.05, 0) is 37.2 Å². The fourth-order valence-electron chi connectivity index (χ4n) is 3.11. The Morgan fingerprint density at radius 1 is 1.25 bits per heavy atom. The molecule has 0 aromatic carbocycles. The molecular formula is C12H19N3O7S2. The van der Waals surface area contributed by atoms with E-state index >= 15 is 0 Å². The van der Waals surface area contributed by atoms with Crippen LogP contribution >= 0.6 is 11.8 Å².